The van der Waals surface area contributed by atoms with Gasteiger partial charge < -0.3 is 9.84 Å². The van der Waals surface area contributed by atoms with Gasteiger partial charge in [-0.25, -0.2) is 0 Å². The van der Waals surface area contributed by atoms with E-state index in [1.165, 1.54) is 6.42 Å². The quantitative estimate of drug-likeness (QED) is 0.792. The maximum atomic E-state index is 11.2. The lowest BCUT2D eigenvalue weighted by Crippen LogP contribution is -2.54. The summed E-state index contributed by atoms with van der Waals surface area (Å²) in [6.07, 6.45) is 5.62. The summed E-state index contributed by atoms with van der Waals surface area (Å²) in [5.41, 5.74) is 1.85. The molecule has 1 aromatic heterocycles. The summed E-state index contributed by atoms with van der Waals surface area (Å²) in [6.45, 7) is 6.07. The van der Waals surface area contributed by atoms with Gasteiger partial charge in [-0.2, -0.15) is 0 Å². The number of methoxy groups -OCH3 is 1. The van der Waals surface area contributed by atoms with E-state index in [0.717, 1.165) is 41.7 Å². The Morgan fingerprint density at radius 1 is 1.35 bits per heavy atom. The van der Waals surface area contributed by atoms with E-state index < -0.39 is 6.10 Å². The van der Waals surface area contributed by atoms with Crippen LogP contribution in [0.4, 0.5) is 0 Å². The normalized spacial score (nSPS) is 27.9. The maximum absolute atomic E-state index is 11.2. The van der Waals surface area contributed by atoms with E-state index >= 15 is 0 Å². The predicted molar refractivity (Wildman–Crippen MR) is 110 cm³/mol. The van der Waals surface area contributed by atoms with Gasteiger partial charge in [-0.1, -0.05) is 6.08 Å². The Balaban J connectivity index is 0.00000121. The number of halogens is 2. The second-order valence-electron chi connectivity index (χ2n) is 6.97. The highest BCUT2D eigenvalue weighted by Gasteiger charge is 2.42. The summed E-state index contributed by atoms with van der Waals surface area (Å²) in [5.74, 6) is 2.01. The molecule has 0 radical (unpaired) electrons. The number of hydrogen-bond donors (Lipinski definition) is 1. The molecule has 0 aliphatic carbocycles. The Bertz CT molecular complexity index is 771. The molecule has 142 valence electrons. The highest BCUT2D eigenvalue weighted by molar-refractivity contribution is 5.85. The van der Waals surface area contributed by atoms with Gasteiger partial charge in [0.05, 0.1) is 18.7 Å². The van der Waals surface area contributed by atoms with E-state index in [-0.39, 0.29) is 30.9 Å². The van der Waals surface area contributed by atoms with Crippen LogP contribution < -0.4 is 4.74 Å². The van der Waals surface area contributed by atoms with E-state index in [4.69, 9.17) is 4.74 Å². The van der Waals surface area contributed by atoms with Gasteiger partial charge >= 0.3 is 0 Å². The summed E-state index contributed by atoms with van der Waals surface area (Å²) in [6, 6.07) is 7.96. The van der Waals surface area contributed by atoms with E-state index in [1.54, 1.807) is 13.3 Å². The first-order chi connectivity index (χ1) is 11.7. The van der Waals surface area contributed by atoms with Gasteiger partial charge in [0.2, 0.25) is 0 Å². The Hall–Kier alpha value is -1.33. The minimum absolute atomic E-state index is 0. The average molecular weight is 397 g/mol. The number of hydrogen-bond acceptors (Lipinski definition) is 4. The SMILES string of the molecule is C=C[C@H]1CN2CC[C@H]1C[C@H]2[C@@H](O)c1ccnc2ccc(OC)cc12.Cl.Cl. The fraction of sp³-hybridized carbons (Fsp3) is 0.450. The molecule has 5 atom stereocenters. The predicted octanol–water partition coefficient (Wildman–Crippen LogP) is 4.02. The van der Waals surface area contributed by atoms with Crippen molar-refractivity contribution in [1.82, 2.24) is 9.88 Å². The number of benzene rings is 1. The molecule has 4 nitrogen and oxygen atoms in total. The third-order valence-corrected chi connectivity index (χ3v) is 5.82. The van der Waals surface area contributed by atoms with Crippen LogP contribution in [0, 0.1) is 11.8 Å². The van der Waals surface area contributed by atoms with Gasteiger partial charge in [0, 0.05) is 24.2 Å². The van der Waals surface area contributed by atoms with Gasteiger partial charge in [0.25, 0.3) is 0 Å². The van der Waals surface area contributed by atoms with Crippen LogP contribution in [0.1, 0.15) is 24.5 Å². The van der Waals surface area contributed by atoms with Gasteiger partial charge in [-0.15, -0.1) is 31.4 Å². The number of aromatic nitrogens is 1. The van der Waals surface area contributed by atoms with Gasteiger partial charge in [0.1, 0.15) is 5.75 Å². The molecule has 1 unspecified atom stereocenters. The van der Waals surface area contributed by atoms with Crippen molar-refractivity contribution in [2.75, 3.05) is 20.2 Å². The van der Waals surface area contributed by atoms with Gasteiger partial charge in [-0.05, 0) is 61.1 Å². The number of nitrogens with zero attached hydrogens (tertiary/aromatic N) is 2. The molecule has 0 spiro atoms. The molecule has 6 heteroatoms. The summed E-state index contributed by atoms with van der Waals surface area (Å²) >= 11 is 0. The molecule has 2 aromatic rings. The van der Waals surface area contributed by atoms with Crippen molar-refractivity contribution < 1.29 is 9.84 Å². The molecule has 1 N–H and O–H groups in total. The van der Waals surface area contributed by atoms with Gasteiger partial charge in [0.15, 0.2) is 0 Å². The Morgan fingerprint density at radius 2 is 2.15 bits per heavy atom. The van der Waals surface area contributed by atoms with E-state index in [2.05, 4.69) is 22.5 Å². The van der Waals surface area contributed by atoms with Crippen LogP contribution in [0.25, 0.3) is 10.9 Å². The number of piperidine rings is 3. The molecule has 3 aliphatic rings. The minimum atomic E-state index is -0.504. The van der Waals surface area contributed by atoms with Crippen molar-refractivity contribution in [2.45, 2.75) is 25.0 Å². The third kappa shape index (κ3) is 3.56. The Labute approximate surface area is 167 Å². The van der Waals surface area contributed by atoms with Crippen LogP contribution in [0.2, 0.25) is 0 Å². The Morgan fingerprint density at radius 3 is 2.81 bits per heavy atom. The van der Waals surface area contributed by atoms with Crippen LogP contribution in [-0.4, -0.2) is 41.2 Å². The summed E-state index contributed by atoms with van der Waals surface area (Å²) in [4.78, 5) is 6.86. The lowest BCUT2D eigenvalue weighted by molar-refractivity contribution is -0.0444. The molecule has 3 aliphatic heterocycles. The van der Waals surface area contributed by atoms with Crippen molar-refractivity contribution in [2.24, 2.45) is 11.8 Å². The van der Waals surface area contributed by atoms with Crippen molar-refractivity contribution >= 4 is 35.7 Å². The van der Waals surface area contributed by atoms with Crippen molar-refractivity contribution in [3.8, 4) is 5.75 Å². The lowest BCUT2D eigenvalue weighted by atomic mass is 9.73. The smallest absolute Gasteiger partial charge is 0.119 e. The van der Waals surface area contributed by atoms with Crippen LogP contribution in [0.15, 0.2) is 43.1 Å². The van der Waals surface area contributed by atoms with Crippen LogP contribution >= 0.6 is 24.8 Å². The minimum Gasteiger partial charge on any atom is -0.497 e. The number of aliphatic hydroxyl groups is 1. The zero-order valence-corrected chi connectivity index (χ0v) is 16.5. The zero-order valence-electron chi connectivity index (χ0n) is 14.9. The molecule has 3 saturated heterocycles. The molecular weight excluding hydrogens is 371 g/mol. The van der Waals surface area contributed by atoms with Crippen LogP contribution in [-0.2, 0) is 0 Å². The molecule has 2 bridgehead atoms. The van der Waals surface area contributed by atoms with Crippen molar-refractivity contribution in [1.29, 1.82) is 0 Å². The number of pyridine rings is 1. The monoisotopic (exact) mass is 396 g/mol. The molecule has 26 heavy (non-hydrogen) atoms. The molecule has 0 saturated carbocycles. The molecule has 4 heterocycles. The molecule has 0 amide bonds. The maximum Gasteiger partial charge on any atom is 0.119 e. The summed E-state index contributed by atoms with van der Waals surface area (Å²) in [5, 5.41) is 12.1. The standard InChI is InChI=1S/C20H24N2O2.2ClH/c1-3-13-12-22-9-7-14(13)10-19(22)20(23)16-6-8-21-18-5-4-15(24-2)11-17(16)18;;/h3-6,8,11,13-14,19-20,23H,1,7,9-10,12H2,2H3;2*1H/t13-,14-,19-,20-;;/m0../s1. The number of fused-ring (bicyclic) bond motifs is 4. The van der Waals surface area contributed by atoms with Crippen LogP contribution in [0.5, 0.6) is 5.75 Å². The second kappa shape index (κ2) is 8.57. The molecular formula is C20H26Cl2N2O2. The second-order valence-corrected chi connectivity index (χ2v) is 6.97. The fourth-order valence-electron chi connectivity index (χ4n) is 4.44. The van der Waals surface area contributed by atoms with Crippen LogP contribution in [0.3, 0.4) is 0 Å². The topological polar surface area (TPSA) is 45.6 Å². The molecule has 3 fully saturated rings. The van der Waals surface area contributed by atoms with Crippen molar-refractivity contribution in [3.05, 3.63) is 48.7 Å². The Kier molecular flexibility index (Phi) is 6.92. The average Bonchev–Trinajstić information content (AvgIpc) is 2.66. The van der Waals surface area contributed by atoms with E-state index in [9.17, 15) is 5.11 Å². The van der Waals surface area contributed by atoms with Crippen molar-refractivity contribution in [3.63, 3.8) is 0 Å². The first kappa shape index (κ1) is 21.0. The lowest BCUT2D eigenvalue weighted by Gasteiger charge is -2.50. The molecule has 1 aromatic carbocycles. The number of rotatable bonds is 4. The molecule has 5 rings (SSSR count). The summed E-state index contributed by atoms with van der Waals surface area (Å²) in [7, 11) is 1.66. The highest BCUT2D eigenvalue weighted by Crippen LogP contribution is 2.42. The van der Waals surface area contributed by atoms with E-state index in [0.29, 0.717) is 11.8 Å². The number of aliphatic hydroxyl groups excluding tert-OH is 1. The summed E-state index contributed by atoms with van der Waals surface area (Å²) < 4.78 is 5.35. The fourth-order valence-corrected chi connectivity index (χ4v) is 4.44. The first-order valence-corrected chi connectivity index (χ1v) is 8.68. The highest BCUT2D eigenvalue weighted by atomic mass is 35.5. The van der Waals surface area contributed by atoms with Gasteiger partial charge in [-0.3, -0.25) is 9.88 Å². The first-order valence-electron chi connectivity index (χ1n) is 8.68. The zero-order chi connectivity index (χ0) is 16.7. The van der Waals surface area contributed by atoms with E-state index in [1.807, 2.05) is 24.3 Å². The number of ether oxygens (including phenoxy) is 1. The third-order valence-electron chi connectivity index (χ3n) is 5.82. The largest absolute Gasteiger partial charge is 0.497 e.